The summed E-state index contributed by atoms with van der Waals surface area (Å²) in [5.74, 6) is 0.214. The van der Waals surface area contributed by atoms with Crippen molar-refractivity contribution in [2.24, 2.45) is 17.8 Å². The first-order chi connectivity index (χ1) is 18.6. The molecule has 0 bridgehead atoms. The van der Waals surface area contributed by atoms with Crippen LogP contribution in [0.3, 0.4) is 0 Å². The van der Waals surface area contributed by atoms with Crippen LogP contribution in [0.25, 0.3) is 16.6 Å². The number of rotatable bonds is 7. The molecule has 1 saturated heterocycles. The molecule has 3 aromatic carbocycles. The summed E-state index contributed by atoms with van der Waals surface area (Å²) in [6, 6.07) is 21.6. The van der Waals surface area contributed by atoms with Crippen LogP contribution >= 0.6 is 0 Å². The maximum atomic E-state index is 14.1. The van der Waals surface area contributed by atoms with E-state index in [0.29, 0.717) is 5.92 Å². The molecule has 2 saturated carbocycles. The fraction of sp³-hybridized carbons (Fsp3) is 0.323. The van der Waals surface area contributed by atoms with Crippen LogP contribution in [0.1, 0.15) is 43.7 Å². The van der Waals surface area contributed by atoms with E-state index in [4.69, 9.17) is 0 Å². The molecule has 3 aliphatic rings. The second-order valence-corrected chi connectivity index (χ2v) is 10.9. The fourth-order valence-electron chi connectivity index (χ4n) is 5.87. The van der Waals surface area contributed by atoms with Crippen molar-refractivity contribution in [1.29, 1.82) is 0 Å². The summed E-state index contributed by atoms with van der Waals surface area (Å²) >= 11 is 0. The zero-order chi connectivity index (χ0) is 25.8. The minimum absolute atomic E-state index is 0.0668. The first kappa shape index (κ1) is 23.1. The van der Waals surface area contributed by atoms with E-state index in [9.17, 15) is 14.0 Å². The highest BCUT2D eigenvalue weighted by Gasteiger charge is 2.52. The average molecular weight is 509 g/mol. The number of nitrogens with one attached hydrogen (secondary N) is 1. The van der Waals surface area contributed by atoms with Crippen LogP contribution in [0.5, 0.6) is 0 Å². The van der Waals surface area contributed by atoms with Crippen molar-refractivity contribution in [2.45, 2.75) is 44.2 Å². The number of benzene rings is 3. The van der Waals surface area contributed by atoms with Crippen molar-refractivity contribution in [3.05, 3.63) is 90.4 Å². The monoisotopic (exact) mass is 508 g/mol. The van der Waals surface area contributed by atoms with Gasteiger partial charge in [0.15, 0.2) is 0 Å². The third kappa shape index (κ3) is 4.16. The van der Waals surface area contributed by atoms with Gasteiger partial charge < -0.3 is 10.2 Å². The molecule has 38 heavy (non-hydrogen) atoms. The summed E-state index contributed by atoms with van der Waals surface area (Å²) in [6.45, 7) is 0. The topological polar surface area (TPSA) is 67.2 Å². The van der Waals surface area contributed by atoms with Crippen molar-refractivity contribution in [1.82, 2.24) is 15.1 Å². The minimum atomic E-state index is -0.295. The number of fused-ring (bicyclic) bond motifs is 1. The summed E-state index contributed by atoms with van der Waals surface area (Å²) in [5.41, 5.74) is 3.44. The molecule has 1 aromatic heterocycles. The van der Waals surface area contributed by atoms with Gasteiger partial charge in [-0.1, -0.05) is 43.2 Å². The van der Waals surface area contributed by atoms with Gasteiger partial charge in [-0.3, -0.25) is 9.59 Å². The second kappa shape index (κ2) is 9.08. The number of carbonyl (C=O) groups is 2. The lowest BCUT2D eigenvalue weighted by atomic mass is 9.89. The number of amides is 2. The highest BCUT2D eigenvalue weighted by Crippen LogP contribution is 2.47. The molecule has 4 aromatic rings. The Labute approximate surface area is 220 Å². The molecule has 7 rings (SSSR count). The van der Waals surface area contributed by atoms with E-state index in [1.165, 1.54) is 12.1 Å². The predicted molar refractivity (Wildman–Crippen MR) is 143 cm³/mol. The molecule has 7 heteroatoms. The summed E-state index contributed by atoms with van der Waals surface area (Å²) in [4.78, 5) is 29.0. The predicted octanol–water partition coefficient (Wildman–Crippen LogP) is 5.56. The van der Waals surface area contributed by atoms with Crippen LogP contribution in [0, 0.1) is 23.6 Å². The smallest absolute Gasteiger partial charge is 0.232 e. The van der Waals surface area contributed by atoms with Crippen molar-refractivity contribution in [3.63, 3.8) is 0 Å². The number of halogens is 1. The first-order valence-corrected chi connectivity index (χ1v) is 13.5. The highest BCUT2D eigenvalue weighted by molar-refractivity contribution is 6.01. The summed E-state index contributed by atoms with van der Waals surface area (Å²) in [6.07, 6.45) is 6.73. The average Bonchev–Trinajstić information content (AvgIpc) is 3.87. The van der Waals surface area contributed by atoms with Crippen LogP contribution in [0.15, 0.2) is 79.0 Å². The van der Waals surface area contributed by atoms with Crippen LogP contribution in [-0.2, 0) is 9.59 Å². The Hall–Kier alpha value is -4.00. The van der Waals surface area contributed by atoms with Gasteiger partial charge in [0, 0.05) is 17.0 Å². The Morgan fingerprint density at radius 2 is 1.68 bits per heavy atom. The number of anilines is 1. The molecule has 2 aliphatic carbocycles. The Morgan fingerprint density at radius 3 is 2.39 bits per heavy atom. The first-order valence-electron chi connectivity index (χ1n) is 13.5. The Morgan fingerprint density at radius 1 is 0.947 bits per heavy atom. The third-order valence-electron chi connectivity index (χ3n) is 8.19. The van der Waals surface area contributed by atoms with E-state index in [-0.39, 0.29) is 41.6 Å². The molecule has 3 atom stereocenters. The molecule has 3 fully saturated rings. The SMILES string of the molecule is O=C(N[C@H]1C(CC2CC2)C(=O)N(c2ccc3c(cnn3-c3ccc(F)cc3)c2)C1c1ccccc1)C1CC1. The molecule has 6 nitrogen and oxygen atoms in total. The zero-order valence-electron chi connectivity index (χ0n) is 21.0. The lowest BCUT2D eigenvalue weighted by molar-refractivity contribution is -0.124. The van der Waals surface area contributed by atoms with Crippen LogP contribution in [-0.4, -0.2) is 27.6 Å². The molecule has 2 unspecified atom stereocenters. The Bertz CT molecular complexity index is 1510. The highest BCUT2D eigenvalue weighted by atomic mass is 19.1. The van der Waals surface area contributed by atoms with Gasteiger partial charge in [-0.25, -0.2) is 9.07 Å². The molecule has 192 valence electrons. The largest absolute Gasteiger partial charge is 0.350 e. The number of nitrogens with zero attached hydrogens (tertiary/aromatic N) is 3. The van der Waals surface area contributed by atoms with E-state index >= 15 is 0 Å². The quantitative estimate of drug-likeness (QED) is 0.355. The van der Waals surface area contributed by atoms with Crippen molar-refractivity contribution in [3.8, 4) is 5.69 Å². The van der Waals surface area contributed by atoms with Crippen LogP contribution < -0.4 is 10.2 Å². The normalized spacial score (nSPS) is 23.2. The van der Waals surface area contributed by atoms with Crippen molar-refractivity contribution in [2.75, 3.05) is 4.90 Å². The maximum absolute atomic E-state index is 14.1. The molecule has 1 N–H and O–H groups in total. The third-order valence-corrected chi connectivity index (χ3v) is 8.19. The zero-order valence-corrected chi connectivity index (χ0v) is 21.0. The van der Waals surface area contributed by atoms with E-state index in [1.54, 1.807) is 23.0 Å². The van der Waals surface area contributed by atoms with Crippen molar-refractivity contribution >= 4 is 28.4 Å². The lowest BCUT2D eigenvalue weighted by Crippen LogP contribution is -2.43. The number of hydrogen-bond acceptors (Lipinski definition) is 3. The van der Waals surface area contributed by atoms with Crippen LogP contribution in [0.4, 0.5) is 10.1 Å². The van der Waals surface area contributed by atoms with Crippen molar-refractivity contribution < 1.29 is 14.0 Å². The van der Waals surface area contributed by atoms with E-state index in [0.717, 1.165) is 59.9 Å². The van der Waals surface area contributed by atoms with Gasteiger partial charge in [0.2, 0.25) is 11.8 Å². The van der Waals surface area contributed by atoms with Gasteiger partial charge in [-0.05, 0) is 73.2 Å². The second-order valence-electron chi connectivity index (χ2n) is 10.9. The fourth-order valence-corrected chi connectivity index (χ4v) is 5.87. The number of hydrogen-bond donors (Lipinski definition) is 1. The molecular formula is C31H29FN4O2. The van der Waals surface area contributed by atoms with Gasteiger partial charge in [-0.2, -0.15) is 5.10 Å². The molecular weight excluding hydrogens is 479 g/mol. The molecule has 2 heterocycles. The lowest BCUT2D eigenvalue weighted by Gasteiger charge is -2.30. The number of aromatic nitrogens is 2. The van der Waals surface area contributed by atoms with Crippen LogP contribution in [0.2, 0.25) is 0 Å². The van der Waals surface area contributed by atoms with E-state index in [2.05, 4.69) is 10.4 Å². The number of carbonyl (C=O) groups excluding carboxylic acids is 2. The Kier molecular flexibility index (Phi) is 5.53. The summed E-state index contributed by atoms with van der Waals surface area (Å²) in [7, 11) is 0. The van der Waals surface area contributed by atoms with Gasteiger partial charge in [0.1, 0.15) is 5.82 Å². The van der Waals surface area contributed by atoms with Gasteiger partial charge in [0.25, 0.3) is 0 Å². The summed E-state index contributed by atoms with van der Waals surface area (Å²) in [5, 5.41) is 8.74. The molecule has 0 radical (unpaired) electrons. The molecule has 2 amide bonds. The Balaban J connectivity index is 1.30. The summed E-state index contributed by atoms with van der Waals surface area (Å²) < 4.78 is 15.2. The van der Waals surface area contributed by atoms with Gasteiger partial charge in [0.05, 0.1) is 35.4 Å². The van der Waals surface area contributed by atoms with Gasteiger partial charge in [-0.15, -0.1) is 0 Å². The standard InChI is InChI=1S/C31H29FN4O2/c32-23-10-12-24(13-11-23)36-27-15-14-25(17-22(27)18-33-36)35-29(20-4-2-1-3-5-20)28(34-30(37)21-8-9-21)26(31(35)38)16-19-6-7-19/h1-5,10-15,17-19,21,26,28-29H,6-9,16H2,(H,34,37)/t26?,28-,29?/m0/s1. The molecule has 0 spiro atoms. The minimum Gasteiger partial charge on any atom is -0.350 e. The van der Waals surface area contributed by atoms with E-state index in [1.807, 2.05) is 53.4 Å². The molecule has 1 aliphatic heterocycles. The van der Waals surface area contributed by atoms with E-state index < -0.39 is 0 Å². The maximum Gasteiger partial charge on any atom is 0.232 e. The van der Waals surface area contributed by atoms with Gasteiger partial charge >= 0.3 is 0 Å².